The SMILES string of the molecule is C=Cc1cc(-c2nc(-c3ccc(CN4CCC(C)(C(=CC)OCC)CC4)cc3)no2)ccc1C1CCCC1. The molecule has 1 aromatic heterocycles. The third kappa shape index (κ3) is 5.63. The van der Waals surface area contributed by atoms with Crippen molar-refractivity contribution in [3.05, 3.63) is 77.6 Å². The summed E-state index contributed by atoms with van der Waals surface area (Å²) in [6.07, 6.45) is 11.5. The highest BCUT2D eigenvalue weighted by atomic mass is 16.5. The van der Waals surface area contributed by atoms with Crippen LogP contribution in [0.25, 0.3) is 28.9 Å². The molecular formula is C33H41N3O2. The Morgan fingerprint density at radius 3 is 2.47 bits per heavy atom. The van der Waals surface area contributed by atoms with Crippen LogP contribution < -0.4 is 0 Å². The predicted octanol–water partition coefficient (Wildman–Crippen LogP) is 8.25. The minimum atomic E-state index is 0.144. The van der Waals surface area contributed by atoms with E-state index in [1.165, 1.54) is 42.4 Å². The van der Waals surface area contributed by atoms with Gasteiger partial charge in [0.25, 0.3) is 5.89 Å². The number of hydrogen-bond acceptors (Lipinski definition) is 5. The molecule has 0 atom stereocenters. The molecular weight excluding hydrogens is 470 g/mol. The second-order valence-electron chi connectivity index (χ2n) is 11.1. The van der Waals surface area contributed by atoms with Crippen molar-refractivity contribution in [1.82, 2.24) is 15.0 Å². The first kappa shape index (κ1) is 26.4. The van der Waals surface area contributed by atoms with Crippen molar-refractivity contribution in [2.45, 2.75) is 71.8 Å². The molecule has 1 aliphatic heterocycles. The summed E-state index contributed by atoms with van der Waals surface area (Å²) in [5, 5.41) is 4.28. The van der Waals surface area contributed by atoms with Gasteiger partial charge < -0.3 is 9.26 Å². The minimum Gasteiger partial charge on any atom is -0.498 e. The van der Waals surface area contributed by atoms with Gasteiger partial charge in [0.15, 0.2) is 0 Å². The van der Waals surface area contributed by atoms with Crippen LogP contribution in [0.15, 0.2) is 65.4 Å². The van der Waals surface area contributed by atoms with Gasteiger partial charge in [0.2, 0.25) is 5.82 Å². The van der Waals surface area contributed by atoms with Crippen molar-refractivity contribution in [2.75, 3.05) is 19.7 Å². The Labute approximate surface area is 227 Å². The molecule has 5 nitrogen and oxygen atoms in total. The number of allylic oxidation sites excluding steroid dienone is 2. The summed E-state index contributed by atoms with van der Waals surface area (Å²) in [5.41, 5.74) is 5.93. The van der Waals surface area contributed by atoms with E-state index in [-0.39, 0.29) is 5.41 Å². The van der Waals surface area contributed by atoms with Crippen LogP contribution in [0.2, 0.25) is 0 Å². The zero-order valence-electron chi connectivity index (χ0n) is 23.2. The zero-order valence-corrected chi connectivity index (χ0v) is 23.2. The largest absolute Gasteiger partial charge is 0.498 e. The lowest BCUT2D eigenvalue weighted by atomic mass is 9.78. The number of benzene rings is 2. The van der Waals surface area contributed by atoms with E-state index in [1.54, 1.807) is 0 Å². The molecule has 3 aromatic rings. The number of aromatic nitrogens is 2. The molecule has 2 heterocycles. The van der Waals surface area contributed by atoms with Crippen LogP contribution in [-0.4, -0.2) is 34.7 Å². The number of piperidine rings is 1. The lowest BCUT2D eigenvalue weighted by molar-refractivity contribution is 0.0731. The fourth-order valence-electron chi connectivity index (χ4n) is 6.18. The summed E-state index contributed by atoms with van der Waals surface area (Å²) in [7, 11) is 0. The van der Waals surface area contributed by atoms with Crippen LogP contribution in [0, 0.1) is 5.41 Å². The van der Waals surface area contributed by atoms with Gasteiger partial charge in [-0.05, 0) is 93.4 Å². The van der Waals surface area contributed by atoms with Crippen LogP contribution in [0.4, 0.5) is 0 Å². The van der Waals surface area contributed by atoms with E-state index in [2.05, 4.69) is 85.9 Å². The molecule has 0 unspecified atom stereocenters. The molecule has 5 rings (SSSR count). The molecule has 2 aliphatic rings. The van der Waals surface area contributed by atoms with Crippen molar-refractivity contribution < 1.29 is 9.26 Å². The Morgan fingerprint density at radius 2 is 1.82 bits per heavy atom. The van der Waals surface area contributed by atoms with Gasteiger partial charge in [-0.25, -0.2) is 0 Å². The fourth-order valence-corrected chi connectivity index (χ4v) is 6.18. The van der Waals surface area contributed by atoms with Gasteiger partial charge in [-0.15, -0.1) is 0 Å². The lowest BCUT2D eigenvalue weighted by Gasteiger charge is -2.40. The molecule has 38 heavy (non-hydrogen) atoms. The Bertz CT molecular complexity index is 1260. The molecule has 0 radical (unpaired) electrons. The first-order valence-corrected chi connectivity index (χ1v) is 14.2. The monoisotopic (exact) mass is 511 g/mol. The first-order chi connectivity index (χ1) is 18.5. The Hall–Kier alpha value is -3.18. The summed E-state index contributed by atoms with van der Waals surface area (Å²) in [6.45, 7) is 14.4. The topological polar surface area (TPSA) is 51.4 Å². The van der Waals surface area contributed by atoms with E-state index in [9.17, 15) is 0 Å². The third-order valence-corrected chi connectivity index (χ3v) is 8.51. The maximum Gasteiger partial charge on any atom is 0.258 e. The highest BCUT2D eigenvalue weighted by Gasteiger charge is 2.34. The second-order valence-corrected chi connectivity index (χ2v) is 11.1. The highest BCUT2D eigenvalue weighted by molar-refractivity contribution is 5.65. The molecule has 0 bridgehead atoms. The molecule has 2 aromatic carbocycles. The normalized spacial score (nSPS) is 18.6. The van der Waals surface area contributed by atoms with Crippen LogP contribution in [-0.2, 0) is 11.3 Å². The van der Waals surface area contributed by atoms with Crippen molar-refractivity contribution in [3.63, 3.8) is 0 Å². The van der Waals surface area contributed by atoms with E-state index in [4.69, 9.17) is 14.2 Å². The van der Waals surface area contributed by atoms with Gasteiger partial charge in [-0.3, -0.25) is 4.90 Å². The van der Waals surface area contributed by atoms with E-state index in [1.807, 2.05) is 6.08 Å². The van der Waals surface area contributed by atoms with E-state index >= 15 is 0 Å². The van der Waals surface area contributed by atoms with Crippen molar-refractivity contribution in [1.29, 1.82) is 0 Å². The molecule has 2 fully saturated rings. The first-order valence-electron chi connectivity index (χ1n) is 14.2. The van der Waals surface area contributed by atoms with Crippen LogP contribution >= 0.6 is 0 Å². The maximum absolute atomic E-state index is 5.93. The van der Waals surface area contributed by atoms with Gasteiger partial charge in [0.1, 0.15) is 0 Å². The molecule has 1 saturated carbocycles. The van der Waals surface area contributed by atoms with Crippen molar-refractivity contribution >= 4 is 6.08 Å². The summed E-state index contributed by atoms with van der Waals surface area (Å²) in [4.78, 5) is 7.25. The van der Waals surface area contributed by atoms with Gasteiger partial charge in [0.05, 0.1) is 12.4 Å². The number of nitrogens with zero attached hydrogens (tertiary/aromatic N) is 3. The zero-order chi connectivity index (χ0) is 26.5. The average Bonchev–Trinajstić information content (AvgIpc) is 3.66. The van der Waals surface area contributed by atoms with Gasteiger partial charge in [-0.2, -0.15) is 4.98 Å². The van der Waals surface area contributed by atoms with Crippen LogP contribution in [0.3, 0.4) is 0 Å². The fraction of sp³-hybridized carbons (Fsp3) is 0.455. The summed E-state index contributed by atoms with van der Waals surface area (Å²) < 4.78 is 11.6. The summed E-state index contributed by atoms with van der Waals surface area (Å²) in [6, 6.07) is 15.0. The van der Waals surface area contributed by atoms with Crippen LogP contribution in [0.1, 0.15) is 81.9 Å². The number of likely N-dealkylation sites (tertiary alicyclic amines) is 1. The minimum absolute atomic E-state index is 0.144. The quantitative estimate of drug-likeness (QED) is 0.271. The lowest BCUT2D eigenvalue weighted by Crippen LogP contribution is -2.39. The van der Waals surface area contributed by atoms with Gasteiger partial charge in [0, 0.05) is 23.1 Å². The Morgan fingerprint density at radius 1 is 1.11 bits per heavy atom. The third-order valence-electron chi connectivity index (χ3n) is 8.51. The highest BCUT2D eigenvalue weighted by Crippen LogP contribution is 2.39. The second kappa shape index (κ2) is 11.7. The number of hydrogen-bond donors (Lipinski definition) is 0. The molecule has 200 valence electrons. The molecule has 0 N–H and O–H groups in total. The summed E-state index contributed by atoms with van der Waals surface area (Å²) >= 11 is 0. The average molecular weight is 512 g/mol. The van der Waals surface area contributed by atoms with E-state index in [0.29, 0.717) is 17.6 Å². The maximum atomic E-state index is 5.93. The molecule has 1 saturated heterocycles. The van der Waals surface area contributed by atoms with Gasteiger partial charge >= 0.3 is 0 Å². The number of rotatable bonds is 9. The van der Waals surface area contributed by atoms with E-state index < -0.39 is 0 Å². The standard InChI is InChI=1S/C33H41N3O2/c1-5-25-22-28(16-17-29(25)26-10-8-9-11-26)32-34-31(35-38-32)27-14-12-24(13-15-27)23-36-20-18-33(4,19-21-36)30(6-2)37-7-3/h5-6,12-17,22,26H,1,7-11,18-21,23H2,2-4H3. The number of ether oxygens (including phenoxy) is 1. The Kier molecular flexibility index (Phi) is 8.13. The molecule has 0 amide bonds. The van der Waals surface area contributed by atoms with Gasteiger partial charge in [-0.1, -0.05) is 67.9 Å². The van der Waals surface area contributed by atoms with Crippen LogP contribution in [0.5, 0.6) is 0 Å². The van der Waals surface area contributed by atoms with Crippen molar-refractivity contribution in [2.24, 2.45) is 5.41 Å². The molecule has 0 spiro atoms. The van der Waals surface area contributed by atoms with Crippen molar-refractivity contribution in [3.8, 4) is 22.8 Å². The smallest absolute Gasteiger partial charge is 0.258 e. The molecule has 5 heteroatoms. The molecule has 1 aliphatic carbocycles. The Balaban J connectivity index is 1.22. The predicted molar refractivity (Wildman–Crippen MR) is 154 cm³/mol. The summed E-state index contributed by atoms with van der Waals surface area (Å²) in [5.74, 6) is 2.96. The van der Waals surface area contributed by atoms with E-state index in [0.717, 1.165) is 56.0 Å².